The average Bonchev–Trinajstić information content (AvgIpc) is 2.29. The van der Waals surface area contributed by atoms with Gasteiger partial charge in [-0.25, -0.2) is 4.79 Å². The molecule has 0 aliphatic heterocycles. The molecular weight excluding hydrogens is 394 g/mol. The number of nitrogens with zero attached hydrogens (tertiary/aromatic N) is 1. The standard InChI is InChI=1S/C13H9NO2.Ir/c1-8-4-2-6-10-11(8)12-9(13(15)16-10)5-3-7-14-12;/h2-7H,1H3;. The fourth-order valence-electron chi connectivity index (χ4n) is 1.95. The van der Waals surface area contributed by atoms with E-state index in [0.717, 1.165) is 10.9 Å². The Bertz CT molecular complexity index is 749. The van der Waals surface area contributed by atoms with Gasteiger partial charge in [0.1, 0.15) is 5.58 Å². The van der Waals surface area contributed by atoms with Crippen LogP contribution in [0.5, 0.6) is 0 Å². The molecule has 0 amide bonds. The Hall–Kier alpha value is -1.51. The predicted octanol–water partition coefficient (Wildman–Crippen LogP) is 2.65. The van der Waals surface area contributed by atoms with Gasteiger partial charge in [0, 0.05) is 31.7 Å². The van der Waals surface area contributed by atoms with Gasteiger partial charge in [0.15, 0.2) is 0 Å². The van der Waals surface area contributed by atoms with Crippen LogP contribution >= 0.6 is 0 Å². The van der Waals surface area contributed by atoms with Gasteiger partial charge in [-0.1, -0.05) is 12.1 Å². The molecule has 0 fully saturated rings. The number of hydrogen-bond acceptors (Lipinski definition) is 3. The molecule has 0 aliphatic rings. The summed E-state index contributed by atoms with van der Waals surface area (Å²) in [6.07, 6.45) is 1.69. The van der Waals surface area contributed by atoms with Gasteiger partial charge in [-0.2, -0.15) is 0 Å². The molecule has 0 saturated heterocycles. The van der Waals surface area contributed by atoms with Crippen molar-refractivity contribution in [2.45, 2.75) is 6.92 Å². The van der Waals surface area contributed by atoms with E-state index < -0.39 is 0 Å². The molecule has 2 heterocycles. The molecule has 0 unspecified atom stereocenters. The summed E-state index contributed by atoms with van der Waals surface area (Å²) in [7, 11) is 0. The molecule has 17 heavy (non-hydrogen) atoms. The van der Waals surface area contributed by atoms with Crippen molar-refractivity contribution in [3.8, 4) is 0 Å². The zero-order valence-electron chi connectivity index (χ0n) is 9.06. The summed E-state index contributed by atoms with van der Waals surface area (Å²) in [4.78, 5) is 16.0. The molecule has 2 aromatic heterocycles. The van der Waals surface area contributed by atoms with Gasteiger partial charge in [0.05, 0.1) is 10.9 Å². The van der Waals surface area contributed by atoms with Gasteiger partial charge in [0.2, 0.25) is 0 Å². The van der Waals surface area contributed by atoms with Gasteiger partial charge in [-0.05, 0) is 30.7 Å². The first kappa shape index (κ1) is 12.0. The fourth-order valence-corrected chi connectivity index (χ4v) is 1.95. The van der Waals surface area contributed by atoms with Crippen LogP contribution in [0, 0.1) is 6.92 Å². The third-order valence-corrected chi connectivity index (χ3v) is 2.70. The first-order chi connectivity index (χ1) is 7.77. The van der Waals surface area contributed by atoms with Crippen molar-refractivity contribution < 1.29 is 24.5 Å². The zero-order valence-corrected chi connectivity index (χ0v) is 11.5. The van der Waals surface area contributed by atoms with E-state index in [1.54, 1.807) is 24.4 Å². The third kappa shape index (κ3) is 1.79. The Kier molecular flexibility index (Phi) is 3.09. The minimum Gasteiger partial charge on any atom is -0.422 e. The maximum Gasteiger partial charge on any atom is 0.345 e. The topological polar surface area (TPSA) is 43.1 Å². The Morgan fingerprint density at radius 3 is 2.82 bits per heavy atom. The van der Waals surface area contributed by atoms with E-state index in [1.165, 1.54) is 0 Å². The summed E-state index contributed by atoms with van der Waals surface area (Å²) >= 11 is 0. The van der Waals surface area contributed by atoms with Crippen molar-refractivity contribution in [2.75, 3.05) is 0 Å². The number of pyridine rings is 1. The number of aryl methyl sites for hydroxylation is 1. The summed E-state index contributed by atoms with van der Waals surface area (Å²) in [5.74, 6) is 0. The van der Waals surface area contributed by atoms with Crippen molar-refractivity contribution in [3.63, 3.8) is 0 Å². The van der Waals surface area contributed by atoms with Crippen LogP contribution < -0.4 is 5.63 Å². The number of rotatable bonds is 0. The number of hydrogen-bond donors (Lipinski definition) is 0. The van der Waals surface area contributed by atoms with Gasteiger partial charge >= 0.3 is 5.63 Å². The molecule has 1 radical (unpaired) electrons. The normalized spacial score (nSPS) is 10.4. The minimum absolute atomic E-state index is 0. The zero-order chi connectivity index (χ0) is 11.1. The average molecular weight is 403 g/mol. The van der Waals surface area contributed by atoms with Gasteiger partial charge in [-0.3, -0.25) is 4.98 Å². The first-order valence-corrected chi connectivity index (χ1v) is 5.04. The van der Waals surface area contributed by atoms with Gasteiger partial charge in [-0.15, -0.1) is 0 Å². The molecule has 4 heteroatoms. The third-order valence-electron chi connectivity index (χ3n) is 2.70. The van der Waals surface area contributed by atoms with E-state index in [0.29, 0.717) is 16.5 Å². The van der Waals surface area contributed by atoms with Crippen molar-refractivity contribution in [2.24, 2.45) is 0 Å². The van der Waals surface area contributed by atoms with Crippen LogP contribution in [0.1, 0.15) is 5.56 Å². The minimum atomic E-state index is -0.332. The number of aromatic nitrogens is 1. The fraction of sp³-hybridized carbons (Fsp3) is 0.0769. The molecular formula is C13H9IrNO2. The molecule has 87 valence electrons. The Labute approximate surface area is 111 Å². The van der Waals surface area contributed by atoms with E-state index in [2.05, 4.69) is 4.98 Å². The molecule has 3 aromatic rings. The van der Waals surface area contributed by atoms with Crippen LogP contribution in [-0.4, -0.2) is 4.98 Å². The second kappa shape index (κ2) is 4.40. The second-order valence-corrected chi connectivity index (χ2v) is 3.74. The van der Waals surface area contributed by atoms with Crippen LogP contribution in [0.25, 0.3) is 21.9 Å². The SMILES string of the molecule is Cc1cccc2oc(=O)c3cccnc3c12.[Ir]. The summed E-state index contributed by atoms with van der Waals surface area (Å²) in [6.45, 7) is 1.98. The van der Waals surface area contributed by atoms with Crippen LogP contribution in [-0.2, 0) is 20.1 Å². The monoisotopic (exact) mass is 404 g/mol. The molecule has 0 bridgehead atoms. The van der Waals surface area contributed by atoms with Gasteiger partial charge < -0.3 is 4.42 Å². The van der Waals surface area contributed by atoms with Crippen LogP contribution in [0.3, 0.4) is 0 Å². The molecule has 3 nitrogen and oxygen atoms in total. The van der Waals surface area contributed by atoms with Crippen molar-refractivity contribution in [1.29, 1.82) is 0 Å². The smallest absolute Gasteiger partial charge is 0.345 e. The maximum atomic E-state index is 11.7. The molecule has 3 rings (SSSR count). The quantitative estimate of drug-likeness (QED) is 0.428. The second-order valence-electron chi connectivity index (χ2n) is 3.74. The Balaban J connectivity index is 0.00000108. The Morgan fingerprint density at radius 2 is 2.00 bits per heavy atom. The summed E-state index contributed by atoms with van der Waals surface area (Å²) in [6, 6.07) is 9.12. The summed E-state index contributed by atoms with van der Waals surface area (Å²) in [5, 5.41) is 1.45. The largest absolute Gasteiger partial charge is 0.422 e. The first-order valence-electron chi connectivity index (χ1n) is 5.04. The molecule has 0 aliphatic carbocycles. The van der Waals surface area contributed by atoms with Crippen molar-refractivity contribution in [1.82, 2.24) is 4.98 Å². The number of fused-ring (bicyclic) bond motifs is 3. The van der Waals surface area contributed by atoms with Crippen LogP contribution in [0.15, 0.2) is 45.7 Å². The van der Waals surface area contributed by atoms with E-state index in [9.17, 15) is 4.79 Å². The van der Waals surface area contributed by atoms with Crippen molar-refractivity contribution >= 4 is 21.9 Å². The van der Waals surface area contributed by atoms with E-state index in [4.69, 9.17) is 4.42 Å². The van der Waals surface area contributed by atoms with Crippen LogP contribution in [0.4, 0.5) is 0 Å². The molecule has 0 saturated carbocycles. The summed E-state index contributed by atoms with van der Waals surface area (Å²) in [5.41, 5.74) is 2.04. The molecule has 1 aromatic carbocycles. The Morgan fingerprint density at radius 1 is 1.18 bits per heavy atom. The number of benzene rings is 1. The van der Waals surface area contributed by atoms with E-state index in [-0.39, 0.29) is 25.7 Å². The molecule has 0 spiro atoms. The van der Waals surface area contributed by atoms with Crippen molar-refractivity contribution in [3.05, 3.63) is 52.5 Å². The van der Waals surface area contributed by atoms with E-state index >= 15 is 0 Å². The predicted molar refractivity (Wildman–Crippen MR) is 62.5 cm³/mol. The molecule has 0 N–H and O–H groups in total. The van der Waals surface area contributed by atoms with Crippen LogP contribution in [0.2, 0.25) is 0 Å². The van der Waals surface area contributed by atoms with E-state index in [1.807, 2.05) is 19.1 Å². The maximum absolute atomic E-state index is 11.7. The molecule has 0 atom stereocenters. The van der Waals surface area contributed by atoms with Gasteiger partial charge in [0.25, 0.3) is 0 Å². The summed E-state index contributed by atoms with van der Waals surface area (Å²) < 4.78 is 5.26.